The van der Waals surface area contributed by atoms with Crippen LogP contribution in [0.1, 0.15) is 0 Å². The molecule has 0 saturated carbocycles. The van der Waals surface area contributed by atoms with Gasteiger partial charge in [-0.15, -0.1) is 0 Å². The zero-order valence-electron chi connectivity index (χ0n) is 17.1. The van der Waals surface area contributed by atoms with Crippen molar-refractivity contribution in [3.05, 3.63) is 93.1 Å². The first-order chi connectivity index (χ1) is 15.7. The minimum atomic E-state index is -3.72. The second kappa shape index (κ2) is 9.57. The van der Waals surface area contributed by atoms with Crippen LogP contribution in [0, 0.1) is 0 Å². The molecule has 0 spiro atoms. The number of halogens is 2. The van der Waals surface area contributed by atoms with Crippen LogP contribution in [0.4, 0.5) is 0 Å². The van der Waals surface area contributed by atoms with Crippen molar-refractivity contribution < 1.29 is 22.7 Å². The highest BCUT2D eigenvalue weighted by Gasteiger charge is 2.20. The van der Waals surface area contributed by atoms with E-state index in [4.69, 9.17) is 32.4 Å². The lowest BCUT2D eigenvalue weighted by atomic mass is 10.1. The summed E-state index contributed by atoms with van der Waals surface area (Å²) in [5, 5.41) is 11.6. The third-order valence-electron chi connectivity index (χ3n) is 4.86. The minimum Gasteiger partial charge on any atom is -0.491 e. The zero-order chi connectivity index (χ0) is 23.6. The number of benzene rings is 3. The average molecular weight is 505 g/mol. The molecule has 0 saturated heterocycles. The van der Waals surface area contributed by atoms with Gasteiger partial charge in [0.15, 0.2) is 15.3 Å². The smallest absolute Gasteiger partial charge is 0.193 e. The van der Waals surface area contributed by atoms with Crippen LogP contribution in [0.15, 0.2) is 86.9 Å². The normalized spacial score (nSPS) is 12.6. The van der Waals surface area contributed by atoms with Crippen molar-refractivity contribution in [1.82, 2.24) is 0 Å². The maximum atomic E-state index is 12.5. The second-order valence-corrected chi connectivity index (χ2v) is 10.2. The maximum absolute atomic E-state index is 12.5. The lowest BCUT2D eigenvalue weighted by molar-refractivity contribution is 0.125. The van der Waals surface area contributed by atoms with Crippen LogP contribution in [0.3, 0.4) is 0 Å². The quantitative estimate of drug-likeness (QED) is 0.381. The van der Waals surface area contributed by atoms with Gasteiger partial charge >= 0.3 is 0 Å². The molecule has 0 amide bonds. The van der Waals surface area contributed by atoms with Gasteiger partial charge in [-0.25, -0.2) is 8.42 Å². The van der Waals surface area contributed by atoms with Crippen LogP contribution >= 0.6 is 23.2 Å². The lowest BCUT2D eigenvalue weighted by Gasteiger charge is -2.13. The fourth-order valence-corrected chi connectivity index (χ4v) is 4.81. The number of ether oxygens (including phenoxy) is 1. The van der Waals surface area contributed by atoms with Gasteiger partial charge in [0.25, 0.3) is 0 Å². The molecule has 3 aromatic carbocycles. The third kappa shape index (κ3) is 5.57. The maximum Gasteiger partial charge on any atom is 0.193 e. The summed E-state index contributed by atoms with van der Waals surface area (Å²) < 4.78 is 36.3. The van der Waals surface area contributed by atoms with Gasteiger partial charge in [0, 0.05) is 27.7 Å². The van der Waals surface area contributed by atoms with Gasteiger partial charge in [-0.1, -0.05) is 23.2 Å². The van der Waals surface area contributed by atoms with Crippen molar-refractivity contribution in [2.45, 2.75) is 11.0 Å². The van der Waals surface area contributed by atoms with Gasteiger partial charge in [0.05, 0.1) is 16.0 Å². The van der Waals surface area contributed by atoms with E-state index in [-0.39, 0.29) is 16.9 Å². The van der Waals surface area contributed by atoms with Crippen LogP contribution in [0.2, 0.25) is 10.0 Å². The highest BCUT2D eigenvalue weighted by molar-refractivity contribution is 7.91. The van der Waals surface area contributed by atoms with Gasteiger partial charge in [0.2, 0.25) is 0 Å². The van der Waals surface area contributed by atoms with Crippen LogP contribution in [-0.4, -0.2) is 32.0 Å². The van der Waals surface area contributed by atoms with E-state index in [1.165, 1.54) is 36.4 Å². The van der Waals surface area contributed by atoms with Crippen molar-refractivity contribution in [2.24, 2.45) is 0 Å². The Labute approximate surface area is 199 Å². The molecule has 6 nitrogen and oxygen atoms in total. The van der Waals surface area contributed by atoms with Crippen molar-refractivity contribution >= 4 is 44.0 Å². The molecule has 0 radical (unpaired) electrons. The molecule has 170 valence electrons. The molecular formula is C24H18Cl2O6S. The highest BCUT2D eigenvalue weighted by atomic mass is 35.5. The second-order valence-electron chi connectivity index (χ2n) is 7.34. The molecule has 0 aliphatic heterocycles. The zero-order valence-corrected chi connectivity index (χ0v) is 19.4. The first-order valence-corrected chi connectivity index (χ1v) is 12.3. The van der Waals surface area contributed by atoms with Gasteiger partial charge in [-0.05, 0) is 60.7 Å². The molecule has 4 rings (SSSR count). The third-order valence-corrected chi connectivity index (χ3v) is 7.17. The molecule has 0 aliphatic carbocycles. The van der Waals surface area contributed by atoms with E-state index in [2.05, 4.69) is 0 Å². The number of rotatable bonds is 7. The van der Waals surface area contributed by atoms with Gasteiger partial charge < -0.3 is 14.3 Å². The average Bonchev–Trinajstić information content (AvgIpc) is 2.78. The summed E-state index contributed by atoms with van der Waals surface area (Å²) in [6, 6.07) is 18.6. The van der Waals surface area contributed by atoms with Gasteiger partial charge in [-0.2, -0.15) is 0 Å². The summed E-state index contributed by atoms with van der Waals surface area (Å²) in [6.45, 7) is -0.264. The Morgan fingerprint density at radius 3 is 2.21 bits per heavy atom. The van der Waals surface area contributed by atoms with Crippen LogP contribution < -0.4 is 10.2 Å². The van der Waals surface area contributed by atoms with Crippen molar-refractivity contribution in [2.75, 3.05) is 12.4 Å². The summed E-state index contributed by atoms with van der Waals surface area (Å²) >= 11 is 11.7. The Kier molecular flexibility index (Phi) is 6.76. The molecule has 9 heteroatoms. The van der Waals surface area contributed by atoms with E-state index in [9.17, 15) is 18.3 Å². The van der Waals surface area contributed by atoms with E-state index in [0.717, 1.165) is 0 Å². The minimum absolute atomic E-state index is 0.0631. The van der Waals surface area contributed by atoms with E-state index >= 15 is 0 Å². The summed E-state index contributed by atoms with van der Waals surface area (Å²) in [7, 11) is -3.72. The largest absolute Gasteiger partial charge is 0.491 e. The number of aliphatic hydroxyl groups excluding tert-OH is 1. The molecule has 0 fully saturated rings. The summed E-state index contributed by atoms with van der Waals surface area (Å²) in [4.78, 5) is 12.6. The monoisotopic (exact) mass is 504 g/mol. The summed E-state index contributed by atoms with van der Waals surface area (Å²) in [6.07, 6.45) is -1.27. The van der Waals surface area contributed by atoms with Crippen LogP contribution in [0.5, 0.6) is 5.75 Å². The Morgan fingerprint density at radius 2 is 1.55 bits per heavy atom. The lowest BCUT2D eigenvalue weighted by Crippen LogP contribution is -2.27. The van der Waals surface area contributed by atoms with E-state index in [0.29, 0.717) is 38.1 Å². The van der Waals surface area contributed by atoms with Crippen LogP contribution in [-0.2, 0) is 9.84 Å². The first kappa shape index (κ1) is 23.3. The molecule has 33 heavy (non-hydrogen) atoms. The summed E-state index contributed by atoms with van der Waals surface area (Å²) in [5.74, 6) is 0.176. The van der Waals surface area contributed by atoms with Crippen LogP contribution in [0.25, 0.3) is 22.3 Å². The molecule has 0 aliphatic rings. The number of hydrogen-bond acceptors (Lipinski definition) is 6. The highest BCUT2D eigenvalue weighted by Crippen LogP contribution is 2.26. The molecule has 0 unspecified atom stereocenters. The van der Waals surface area contributed by atoms with E-state index in [1.807, 2.05) is 0 Å². The number of sulfone groups is 1. The molecule has 1 heterocycles. The molecule has 1 aromatic heterocycles. The van der Waals surface area contributed by atoms with Gasteiger partial charge in [-0.3, -0.25) is 4.79 Å². The topological polar surface area (TPSA) is 93.8 Å². The van der Waals surface area contributed by atoms with Crippen molar-refractivity contribution in [1.29, 1.82) is 0 Å². The fraction of sp³-hybridized carbons (Fsp3) is 0.125. The molecule has 1 atom stereocenters. The molecule has 4 aromatic rings. The SMILES string of the molecule is O=c1cc(-c2ccc(Cl)cc2)oc2cc(OC[C@@H](O)CS(=O)(=O)c3ccc(Cl)cc3)ccc12. The van der Waals surface area contributed by atoms with Crippen molar-refractivity contribution in [3.8, 4) is 17.1 Å². The van der Waals surface area contributed by atoms with E-state index < -0.39 is 21.7 Å². The predicted molar refractivity (Wildman–Crippen MR) is 128 cm³/mol. The van der Waals surface area contributed by atoms with E-state index in [1.54, 1.807) is 36.4 Å². The Balaban J connectivity index is 1.50. The summed E-state index contributed by atoms with van der Waals surface area (Å²) in [5.41, 5.74) is 0.766. The fourth-order valence-electron chi connectivity index (χ4n) is 3.21. The molecular weight excluding hydrogens is 487 g/mol. The van der Waals surface area contributed by atoms with Crippen molar-refractivity contribution in [3.63, 3.8) is 0 Å². The number of fused-ring (bicyclic) bond motifs is 1. The standard InChI is InChI=1S/C24H18Cl2O6S/c25-16-3-1-15(2-4-16)23-12-22(28)21-10-7-19(11-24(21)32-23)31-13-18(27)14-33(29,30)20-8-5-17(26)6-9-20/h1-12,18,27H,13-14H2/t18-/m1/s1. The number of aliphatic hydroxyl groups is 1. The predicted octanol–water partition coefficient (Wildman–Crippen LogP) is 4.98. The first-order valence-electron chi connectivity index (χ1n) is 9.84. The van der Waals surface area contributed by atoms with Gasteiger partial charge in [0.1, 0.15) is 29.8 Å². The Morgan fingerprint density at radius 1 is 0.909 bits per heavy atom. The Hall–Kier alpha value is -2.84. The Bertz CT molecular complexity index is 1450. The molecule has 1 N–H and O–H groups in total. The number of hydrogen-bond donors (Lipinski definition) is 1. The molecule has 0 bridgehead atoms.